The van der Waals surface area contributed by atoms with Gasteiger partial charge < -0.3 is 25.6 Å². The number of aliphatic hydroxyl groups is 3. The number of imidazole rings is 1. The molecule has 2 fully saturated rings. The van der Waals surface area contributed by atoms with E-state index in [1.807, 2.05) is 24.3 Å². The van der Waals surface area contributed by atoms with Gasteiger partial charge in [-0.2, -0.15) is 0 Å². The van der Waals surface area contributed by atoms with Gasteiger partial charge in [-0.05, 0) is 24.5 Å². The van der Waals surface area contributed by atoms with Crippen LogP contribution in [0.25, 0.3) is 11.0 Å². The van der Waals surface area contributed by atoms with Crippen LogP contribution < -0.4 is 5.73 Å². The Balaban J connectivity index is 1.87. The van der Waals surface area contributed by atoms with Crippen molar-refractivity contribution in [3.63, 3.8) is 0 Å². The summed E-state index contributed by atoms with van der Waals surface area (Å²) in [6.07, 6.45) is -1.14. The fourth-order valence-corrected chi connectivity index (χ4v) is 3.90. The minimum absolute atomic E-state index is 0.0393. The Morgan fingerprint density at radius 1 is 1.35 bits per heavy atom. The second-order valence-corrected chi connectivity index (χ2v) is 5.96. The fraction of sp³-hybridized carbons (Fsp3) is 0.500. The molecule has 1 aromatic carbocycles. The number of anilines is 1. The lowest BCUT2D eigenvalue weighted by atomic mass is 10.0. The number of nitrogens with zero attached hydrogens (tertiary/aromatic N) is 2. The summed E-state index contributed by atoms with van der Waals surface area (Å²) < 4.78 is 1.80. The van der Waals surface area contributed by atoms with Crippen molar-refractivity contribution in [2.24, 2.45) is 11.3 Å². The molecule has 5 N–H and O–H groups in total. The van der Waals surface area contributed by atoms with Crippen LogP contribution in [0, 0.1) is 11.3 Å². The van der Waals surface area contributed by atoms with Gasteiger partial charge in [-0.3, -0.25) is 0 Å². The molecule has 0 spiro atoms. The minimum Gasteiger partial charge on any atom is -0.396 e. The molecule has 2 aliphatic rings. The molecule has 106 valence electrons. The van der Waals surface area contributed by atoms with E-state index in [2.05, 4.69) is 4.98 Å². The summed E-state index contributed by atoms with van der Waals surface area (Å²) in [7, 11) is 0. The highest BCUT2D eigenvalue weighted by atomic mass is 16.3. The second kappa shape index (κ2) is 3.72. The summed E-state index contributed by atoms with van der Waals surface area (Å²) in [6, 6.07) is 7.22. The molecule has 5 atom stereocenters. The van der Waals surface area contributed by atoms with E-state index in [0.717, 1.165) is 11.0 Å². The Morgan fingerprint density at radius 2 is 2.10 bits per heavy atom. The van der Waals surface area contributed by atoms with Crippen LogP contribution in [-0.2, 0) is 0 Å². The van der Waals surface area contributed by atoms with E-state index >= 15 is 0 Å². The van der Waals surface area contributed by atoms with Gasteiger partial charge in [-0.15, -0.1) is 0 Å². The van der Waals surface area contributed by atoms with Gasteiger partial charge in [0.2, 0.25) is 5.95 Å². The van der Waals surface area contributed by atoms with Crippen molar-refractivity contribution in [2.45, 2.75) is 24.7 Å². The predicted octanol–water partition coefficient (Wildman–Crippen LogP) is -0.106. The maximum atomic E-state index is 10.3. The van der Waals surface area contributed by atoms with Crippen molar-refractivity contribution in [3.05, 3.63) is 24.3 Å². The molecule has 2 aliphatic carbocycles. The molecule has 2 saturated carbocycles. The van der Waals surface area contributed by atoms with E-state index in [0.29, 0.717) is 12.4 Å². The Kier molecular flexibility index (Phi) is 2.26. The zero-order valence-electron chi connectivity index (χ0n) is 10.8. The van der Waals surface area contributed by atoms with Gasteiger partial charge in [0.25, 0.3) is 0 Å². The molecule has 1 aromatic heterocycles. The van der Waals surface area contributed by atoms with E-state index in [1.54, 1.807) is 4.57 Å². The molecule has 20 heavy (non-hydrogen) atoms. The Bertz CT molecular complexity index is 685. The third-order valence-corrected chi connectivity index (χ3v) is 5.07. The van der Waals surface area contributed by atoms with E-state index in [-0.39, 0.29) is 18.6 Å². The monoisotopic (exact) mass is 275 g/mol. The molecule has 0 amide bonds. The zero-order valence-corrected chi connectivity index (χ0v) is 10.8. The maximum absolute atomic E-state index is 10.3. The summed E-state index contributed by atoms with van der Waals surface area (Å²) in [5.41, 5.74) is 7.06. The molecule has 6 nitrogen and oxygen atoms in total. The van der Waals surface area contributed by atoms with Crippen LogP contribution in [-0.4, -0.2) is 43.7 Å². The summed E-state index contributed by atoms with van der Waals surface area (Å²) in [4.78, 5) is 4.30. The van der Waals surface area contributed by atoms with Gasteiger partial charge >= 0.3 is 0 Å². The molecule has 0 bridgehead atoms. The van der Waals surface area contributed by atoms with Crippen LogP contribution in [0.1, 0.15) is 12.5 Å². The summed E-state index contributed by atoms with van der Waals surface area (Å²) in [6.45, 7) is -0.112. The van der Waals surface area contributed by atoms with Crippen molar-refractivity contribution in [2.75, 3.05) is 12.3 Å². The quantitative estimate of drug-likeness (QED) is 0.612. The first kappa shape index (κ1) is 12.1. The summed E-state index contributed by atoms with van der Waals surface area (Å²) in [5, 5.41) is 30.1. The molecular weight excluding hydrogens is 258 g/mol. The SMILES string of the molecule is Nc1nc2ccccc2n1C1C(O)C(O)C2(CO)CC12. The number of aliphatic hydroxyl groups excluding tert-OH is 3. The molecule has 6 heteroatoms. The van der Waals surface area contributed by atoms with Crippen molar-refractivity contribution in [1.82, 2.24) is 9.55 Å². The molecular formula is C14H17N3O3. The normalized spacial score (nSPS) is 39.1. The summed E-state index contributed by atoms with van der Waals surface area (Å²) >= 11 is 0. The van der Waals surface area contributed by atoms with E-state index < -0.39 is 17.6 Å². The Labute approximate surface area is 115 Å². The van der Waals surface area contributed by atoms with Crippen LogP contribution >= 0.6 is 0 Å². The number of hydrogen-bond donors (Lipinski definition) is 4. The van der Waals surface area contributed by atoms with Crippen molar-refractivity contribution >= 4 is 17.0 Å². The predicted molar refractivity (Wildman–Crippen MR) is 72.8 cm³/mol. The van der Waals surface area contributed by atoms with Gasteiger partial charge in [0.15, 0.2) is 0 Å². The largest absolute Gasteiger partial charge is 0.396 e. The maximum Gasteiger partial charge on any atom is 0.201 e. The Hall–Kier alpha value is -1.63. The average molecular weight is 275 g/mol. The van der Waals surface area contributed by atoms with Gasteiger partial charge in [0, 0.05) is 5.41 Å². The molecule has 0 radical (unpaired) electrons. The second-order valence-electron chi connectivity index (χ2n) is 5.96. The van der Waals surface area contributed by atoms with E-state index in [9.17, 15) is 15.3 Å². The number of nitrogen functional groups attached to an aromatic ring is 1. The van der Waals surface area contributed by atoms with Crippen LogP contribution in [0.3, 0.4) is 0 Å². The minimum atomic E-state index is -0.930. The van der Waals surface area contributed by atoms with Crippen molar-refractivity contribution in [1.29, 1.82) is 0 Å². The number of rotatable bonds is 2. The van der Waals surface area contributed by atoms with Gasteiger partial charge in [-0.25, -0.2) is 4.98 Å². The molecule has 4 rings (SSSR count). The Morgan fingerprint density at radius 3 is 2.80 bits per heavy atom. The lowest BCUT2D eigenvalue weighted by Crippen LogP contribution is -2.35. The van der Waals surface area contributed by atoms with Crippen molar-refractivity contribution in [3.8, 4) is 0 Å². The lowest BCUT2D eigenvalue weighted by molar-refractivity contribution is -0.0298. The standard InChI is InChI=1S/C14H17N3O3/c15-13-16-8-3-1-2-4-9(8)17(13)10-7-5-14(7,6-18)12(20)11(10)19/h1-4,7,10-12,18-20H,5-6H2,(H2,15,16). The first-order chi connectivity index (χ1) is 9.60. The summed E-state index contributed by atoms with van der Waals surface area (Å²) in [5.74, 6) is 0.375. The number of benzene rings is 1. The van der Waals surface area contributed by atoms with Crippen LogP contribution in [0.2, 0.25) is 0 Å². The fourth-order valence-electron chi connectivity index (χ4n) is 3.90. The molecule has 0 aliphatic heterocycles. The van der Waals surface area contributed by atoms with Gasteiger partial charge in [0.05, 0.1) is 29.8 Å². The van der Waals surface area contributed by atoms with Crippen LogP contribution in [0.4, 0.5) is 5.95 Å². The number of para-hydroxylation sites is 2. The average Bonchev–Trinajstić information content (AvgIpc) is 3.04. The first-order valence-corrected chi connectivity index (χ1v) is 6.79. The molecule has 0 saturated heterocycles. The lowest BCUT2D eigenvalue weighted by Gasteiger charge is -2.24. The van der Waals surface area contributed by atoms with Gasteiger partial charge in [-0.1, -0.05) is 12.1 Å². The van der Waals surface area contributed by atoms with E-state index in [4.69, 9.17) is 5.73 Å². The molecule has 2 aromatic rings. The molecule has 5 unspecified atom stereocenters. The highest BCUT2D eigenvalue weighted by molar-refractivity contribution is 5.78. The zero-order chi connectivity index (χ0) is 14.1. The highest BCUT2D eigenvalue weighted by Crippen LogP contribution is 2.67. The smallest absolute Gasteiger partial charge is 0.201 e. The first-order valence-electron chi connectivity index (χ1n) is 6.79. The van der Waals surface area contributed by atoms with E-state index in [1.165, 1.54) is 0 Å². The van der Waals surface area contributed by atoms with Crippen LogP contribution in [0.15, 0.2) is 24.3 Å². The number of fused-ring (bicyclic) bond motifs is 2. The third-order valence-electron chi connectivity index (χ3n) is 5.07. The van der Waals surface area contributed by atoms with Crippen molar-refractivity contribution < 1.29 is 15.3 Å². The number of aromatic nitrogens is 2. The topological polar surface area (TPSA) is 105 Å². The van der Waals surface area contributed by atoms with Crippen LogP contribution in [0.5, 0.6) is 0 Å². The highest BCUT2D eigenvalue weighted by Gasteiger charge is 2.71. The number of nitrogens with two attached hydrogens (primary N) is 1. The molecule has 1 heterocycles. The van der Waals surface area contributed by atoms with Gasteiger partial charge in [0.1, 0.15) is 6.10 Å². The third kappa shape index (κ3) is 1.26. The number of hydrogen-bond acceptors (Lipinski definition) is 5.